The molecule has 0 heterocycles. The molecule has 4 nitrogen and oxygen atoms in total. The van der Waals surface area contributed by atoms with E-state index in [9.17, 15) is 5.11 Å². The minimum atomic E-state index is -0.783. The third-order valence-electron chi connectivity index (χ3n) is 4.80. The van der Waals surface area contributed by atoms with Crippen molar-refractivity contribution in [2.45, 2.75) is 38.7 Å². The second-order valence-corrected chi connectivity index (χ2v) is 8.56. The summed E-state index contributed by atoms with van der Waals surface area (Å²) < 4.78 is 16.6. The molecule has 2 aromatic carbocycles. The van der Waals surface area contributed by atoms with E-state index >= 15 is 0 Å². The van der Waals surface area contributed by atoms with E-state index in [1.807, 2.05) is 43.3 Å². The van der Waals surface area contributed by atoms with Gasteiger partial charge in [0.1, 0.15) is 18.5 Å². The van der Waals surface area contributed by atoms with E-state index in [1.165, 1.54) is 0 Å². The lowest BCUT2D eigenvalue weighted by molar-refractivity contribution is 0.125. The number of hydrogen-bond acceptors (Lipinski definition) is 4. The monoisotopic (exact) mass is 474 g/mol. The number of rotatable bonds is 12. The van der Waals surface area contributed by atoms with Crippen molar-refractivity contribution in [1.82, 2.24) is 0 Å². The van der Waals surface area contributed by atoms with Crippen molar-refractivity contribution in [3.8, 4) is 11.5 Å². The van der Waals surface area contributed by atoms with Gasteiger partial charge in [0.2, 0.25) is 0 Å². The van der Waals surface area contributed by atoms with E-state index in [0.717, 1.165) is 29.9 Å². The van der Waals surface area contributed by atoms with E-state index in [-0.39, 0.29) is 17.9 Å². The van der Waals surface area contributed by atoms with E-state index in [2.05, 4.69) is 13.8 Å². The van der Waals surface area contributed by atoms with Crippen LogP contribution in [0.3, 0.4) is 0 Å². The summed E-state index contributed by atoms with van der Waals surface area (Å²) in [6, 6.07) is 11.7. The Labute approximate surface area is 194 Å². The van der Waals surface area contributed by atoms with Crippen molar-refractivity contribution in [2.24, 2.45) is 0 Å². The van der Waals surface area contributed by atoms with Gasteiger partial charge in [-0.3, -0.25) is 0 Å². The molecule has 7 heteroatoms. The smallest absolute Gasteiger partial charge is 0.156 e. The van der Waals surface area contributed by atoms with Crippen LogP contribution in [0.15, 0.2) is 36.4 Å². The third-order valence-corrected chi connectivity index (χ3v) is 5.72. The van der Waals surface area contributed by atoms with Gasteiger partial charge in [0.15, 0.2) is 5.75 Å². The summed E-state index contributed by atoms with van der Waals surface area (Å²) in [5.74, 6) is 1.24. The van der Waals surface area contributed by atoms with Gasteiger partial charge in [-0.2, -0.15) is 0 Å². The minimum absolute atomic E-state index is 0.0255. The Morgan fingerprint density at radius 3 is 2.17 bits per heavy atom. The summed E-state index contributed by atoms with van der Waals surface area (Å²) in [6.07, 6.45) is 0.0730. The van der Waals surface area contributed by atoms with Crippen LogP contribution in [0.1, 0.15) is 38.3 Å². The minimum Gasteiger partial charge on any atom is -0.494 e. The summed E-state index contributed by atoms with van der Waals surface area (Å²) in [5.41, 5.74) is 1.71. The summed E-state index contributed by atoms with van der Waals surface area (Å²) >= 11 is 18.4. The quantitative estimate of drug-likeness (QED) is 0.297. The second-order valence-electron chi connectivity index (χ2n) is 7.44. The molecule has 2 aromatic rings. The molecule has 0 fully saturated rings. The molecule has 1 unspecified atom stereocenters. The number of benzene rings is 2. The highest BCUT2D eigenvalue weighted by Gasteiger charge is 2.26. The highest BCUT2D eigenvalue weighted by Crippen LogP contribution is 2.40. The number of aliphatic hydroxyl groups excluding tert-OH is 1. The van der Waals surface area contributed by atoms with Crippen LogP contribution in [0, 0.1) is 0 Å². The fraction of sp³-hybridized carbons (Fsp3) is 0.478. The number of aliphatic hydroxyl groups is 1. The van der Waals surface area contributed by atoms with Crippen LogP contribution < -0.4 is 9.47 Å². The molecule has 0 aliphatic carbocycles. The fourth-order valence-electron chi connectivity index (χ4n) is 2.91. The van der Waals surface area contributed by atoms with Gasteiger partial charge in [0, 0.05) is 25.0 Å². The van der Waals surface area contributed by atoms with Crippen LogP contribution in [0.5, 0.6) is 11.5 Å². The Kier molecular flexibility index (Phi) is 10.1. The van der Waals surface area contributed by atoms with E-state index in [1.54, 1.807) is 0 Å². The number of ether oxygens (including phenoxy) is 3. The number of hydrogen-bond donors (Lipinski definition) is 1. The molecule has 0 radical (unpaired) electrons. The molecular weight excluding hydrogens is 447 g/mol. The Morgan fingerprint density at radius 1 is 0.967 bits per heavy atom. The molecule has 30 heavy (non-hydrogen) atoms. The van der Waals surface area contributed by atoms with Gasteiger partial charge in [-0.15, -0.1) is 11.6 Å². The summed E-state index contributed by atoms with van der Waals surface area (Å²) in [7, 11) is 0. The van der Waals surface area contributed by atoms with Gasteiger partial charge in [-0.1, -0.05) is 49.2 Å². The van der Waals surface area contributed by atoms with Crippen molar-refractivity contribution in [3.63, 3.8) is 0 Å². The first-order valence-electron chi connectivity index (χ1n) is 9.97. The first kappa shape index (κ1) is 25.1. The van der Waals surface area contributed by atoms with Crippen LogP contribution in [0.25, 0.3) is 0 Å². The lowest BCUT2D eigenvalue weighted by Crippen LogP contribution is -2.20. The molecule has 0 saturated heterocycles. The molecule has 1 N–H and O–H groups in total. The summed E-state index contributed by atoms with van der Waals surface area (Å²) in [5, 5.41) is 10.4. The van der Waals surface area contributed by atoms with Crippen LogP contribution in [-0.2, 0) is 10.2 Å². The van der Waals surface area contributed by atoms with E-state index < -0.39 is 6.10 Å². The normalized spacial score (nSPS) is 12.6. The SMILES string of the molecule is CCOCCCOc1ccc(C(C)(C)c2cc(Cl)c(OCC(O)CCl)c(Cl)c2)cc1. The van der Waals surface area contributed by atoms with Crippen LogP contribution in [0.2, 0.25) is 10.0 Å². The number of halogens is 3. The Morgan fingerprint density at radius 2 is 1.60 bits per heavy atom. The molecule has 0 amide bonds. The molecule has 166 valence electrons. The molecule has 0 aliphatic heterocycles. The zero-order valence-corrected chi connectivity index (χ0v) is 19.9. The molecule has 0 bridgehead atoms. The zero-order chi connectivity index (χ0) is 22.1. The van der Waals surface area contributed by atoms with Gasteiger partial charge in [0.05, 0.1) is 22.5 Å². The van der Waals surface area contributed by atoms with Crippen molar-refractivity contribution in [2.75, 3.05) is 32.3 Å². The highest BCUT2D eigenvalue weighted by atomic mass is 35.5. The summed E-state index contributed by atoms with van der Waals surface area (Å²) in [4.78, 5) is 0. The molecule has 0 aliphatic rings. The maximum absolute atomic E-state index is 9.59. The standard InChI is InChI=1S/C23H29Cl3O4/c1-4-28-10-5-11-29-19-8-6-16(7-9-19)23(2,3)17-12-20(25)22(21(26)13-17)30-15-18(27)14-24/h6-9,12-13,18,27H,4-5,10-11,14-15H2,1-3H3. The second kappa shape index (κ2) is 12.0. The van der Waals surface area contributed by atoms with Crippen molar-refractivity contribution >= 4 is 34.8 Å². The largest absolute Gasteiger partial charge is 0.494 e. The van der Waals surface area contributed by atoms with Crippen LogP contribution in [-0.4, -0.2) is 43.5 Å². The Balaban J connectivity index is 2.10. The Hall–Kier alpha value is -1.17. The molecule has 1 atom stereocenters. The average molecular weight is 476 g/mol. The number of alkyl halides is 1. The van der Waals surface area contributed by atoms with Gasteiger partial charge >= 0.3 is 0 Å². The van der Waals surface area contributed by atoms with E-state index in [4.69, 9.17) is 49.0 Å². The molecule has 0 aromatic heterocycles. The first-order chi connectivity index (χ1) is 14.3. The van der Waals surface area contributed by atoms with Crippen LogP contribution in [0.4, 0.5) is 0 Å². The average Bonchev–Trinajstić information content (AvgIpc) is 2.73. The fourth-order valence-corrected chi connectivity index (χ4v) is 3.60. The van der Waals surface area contributed by atoms with Crippen molar-refractivity contribution < 1.29 is 19.3 Å². The molecule has 0 saturated carbocycles. The molecule has 0 spiro atoms. The van der Waals surface area contributed by atoms with Crippen LogP contribution >= 0.6 is 34.8 Å². The third kappa shape index (κ3) is 6.93. The van der Waals surface area contributed by atoms with Crippen molar-refractivity contribution in [3.05, 3.63) is 57.6 Å². The highest BCUT2D eigenvalue weighted by molar-refractivity contribution is 6.37. The summed E-state index contributed by atoms with van der Waals surface area (Å²) in [6.45, 7) is 8.25. The van der Waals surface area contributed by atoms with Gasteiger partial charge in [0.25, 0.3) is 0 Å². The first-order valence-corrected chi connectivity index (χ1v) is 11.3. The Bertz CT molecular complexity index is 771. The van der Waals surface area contributed by atoms with E-state index in [0.29, 0.717) is 29.0 Å². The maximum Gasteiger partial charge on any atom is 0.156 e. The topological polar surface area (TPSA) is 47.9 Å². The predicted octanol–water partition coefficient (Wildman–Crippen LogP) is 6.10. The van der Waals surface area contributed by atoms with Gasteiger partial charge in [-0.05, 0) is 42.3 Å². The van der Waals surface area contributed by atoms with Crippen molar-refractivity contribution in [1.29, 1.82) is 0 Å². The van der Waals surface area contributed by atoms with Gasteiger partial charge < -0.3 is 19.3 Å². The van der Waals surface area contributed by atoms with Gasteiger partial charge in [-0.25, -0.2) is 0 Å². The lowest BCUT2D eigenvalue weighted by atomic mass is 9.78. The molecular formula is C23H29Cl3O4. The molecule has 2 rings (SSSR count). The maximum atomic E-state index is 9.59. The zero-order valence-electron chi connectivity index (χ0n) is 17.6. The predicted molar refractivity (Wildman–Crippen MR) is 124 cm³/mol. The lowest BCUT2D eigenvalue weighted by Gasteiger charge is -2.27.